The number of aromatic nitrogens is 3. The fourth-order valence-corrected chi connectivity index (χ4v) is 4.62. The monoisotopic (exact) mass is 346 g/mol. The summed E-state index contributed by atoms with van der Waals surface area (Å²) in [6.07, 6.45) is 9.98. The molecule has 1 N–H and O–H groups in total. The van der Waals surface area contributed by atoms with E-state index in [1.165, 1.54) is 11.1 Å². The molecule has 0 unspecified atom stereocenters. The zero-order chi connectivity index (χ0) is 17.5. The van der Waals surface area contributed by atoms with Gasteiger partial charge < -0.3 is 14.7 Å². The Bertz CT molecular complexity index is 964. The molecule has 1 fully saturated rings. The van der Waals surface area contributed by atoms with Crippen LogP contribution in [0.5, 0.6) is 0 Å². The normalized spacial score (nSPS) is 24.7. The third-order valence-electron chi connectivity index (χ3n) is 5.98. The third kappa shape index (κ3) is 2.50. The highest BCUT2D eigenvalue weighted by Crippen LogP contribution is 2.38. The number of aryl methyl sites for hydroxylation is 1. The SMILES string of the molecule is O=C[C@H]1CC[C@H](n2ccc3c(N[C@H]4CCc5ccccc54)ncnc32)C1. The van der Waals surface area contributed by atoms with Gasteiger partial charge in [-0.25, -0.2) is 9.97 Å². The van der Waals surface area contributed by atoms with Crippen molar-refractivity contribution in [3.05, 3.63) is 54.0 Å². The van der Waals surface area contributed by atoms with E-state index in [0.29, 0.717) is 12.1 Å². The second-order valence-electron chi connectivity index (χ2n) is 7.48. The number of hydrogen-bond acceptors (Lipinski definition) is 4. The topological polar surface area (TPSA) is 59.8 Å². The molecule has 3 aromatic rings. The molecule has 2 heterocycles. The van der Waals surface area contributed by atoms with E-state index >= 15 is 0 Å². The van der Waals surface area contributed by atoms with Gasteiger partial charge in [0.05, 0.1) is 11.4 Å². The van der Waals surface area contributed by atoms with Crippen LogP contribution < -0.4 is 5.32 Å². The van der Waals surface area contributed by atoms with Crippen LogP contribution in [0.1, 0.15) is 48.9 Å². The number of hydrogen-bond donors (Lipinski definition) is 1. The van der Waals surface area contributed by atoms with Crippen molar-refractivity contribution >= 4 is 23.1 Å². The van der Waals surface area contributed by atoms with Gasteiger partial charge in [-0.2, -0.15) is 0 Å². The van der Waals surface area contributed by atoms with E-state index in [0.717, 1.165) is 55.2 Å². The van der Waals surface area contributed by atoms with Crippen molar-refractivity contribution < 1.29 is 4.79 Å². The molecular weight excluding hydrogens is 324 g/mol. The maximum absolute atomic E-state index is 11.1. The van der Waals surface area contributed by atoms with Crippen LogP contribution in [0, 0.1) is 5.92 Å². The largest absolute Gasteiger partial charge is 0.363 e. The van der Waals surface area contributed by atoms with Gasteiger partial charge in [-0.3, -0.25) is 0 Å². The Labute approximate surface area is 152 Å². The maximum atomic E-state index is 11.1. The van der Waals surface area contributed by atoms with Crippen molar-refractivity contribution in [1.82, 2.24) is 14.5 Å². The number of rotatable bonds is 4. The van der Waals surface area contributed by atoms with E-state index in [9.17, 15) is 4.79 Å². The molecule has 3 atom stereocenters. The van der Waals surface area contributed by atoms with Gasteiger partial charge in [0.25, 0.3) is 0 Å². The molecule has 0 saturated heterocycles. The first-order chi connectivity index (χ1) is 12.8. The van der Waals surface area contributed by atoms with Crippen LogP contribution in [-0.2, 0) is 11.2 Å². The minimum absolute atomic E-state index is 0.187. The lowest BCUT2D eigenvalue weighted by Gasteiger charge is -2.16. The fraction of sp³-hybridized carbons (Fsp3) is 0.381. The molecule has 2 aromatic heterocycles. The third-order valence-corrected chi connectivity index (χ3v) is 5.98. The summed E-state index contributed by atoms with van der Waals surface area (Å²) in [4.78, 5) is 20.2. The average Bonchev–Trinajstić information content (AvgIpc) is 3.40. The van der Waals surface area contributed by atoms with E-state index in [1.807, 2.05) is 0 Å². The molecule has 0 amide bonds. The van der Waals surface area contributed by atoms with Crippen LogP contribution >= 0.6 is 0 Å². The number of fused-ring (bicyclic) bond motifs is 2. The number of aldehydes is 1. The number of nitrogens with zero attached hydrogens (tertiary/aromatic N) is 3. The average molecular weight is 346 g/mol. The molecule has 0 radical (unpaired) electrons. The lowest BCUT2D eigenvalue weighted by Crippen LogP contribution is -2.10. The van der Waals surface area contributed by atoms with E-state index in [2.05, 4.69) is 56.4 Å². The summed E-state index contributed by atoms with van der Waals surface area (Å²) in [6.45, 7) is 0. The quantitative estimate of drug-likeness (QED) is 0.724. The molecule has 0 aliphatic heterocycles. The Morgan fingerprint density at radius 2 is 2.04 bits per heavy atom. The van der Waals surface area contributed by atoms with E-state index < -0.39 is 0 Å². The lowest BCUT2D eigenvalue weighted by molar-refractivity contribution is -0.110. The highest BCUT2D eigenvalue weighted by Gasteiger charge is 2.27. The van der Waals surface area contributed by atoms with E-state index in [-0.39, 0.29) is 5.92 Å². The first kappa shape index (κ1) is 15.6. The standard InChI is InChI=1S/C21H22N4O/c26-12-14-5-7-16(11-14)25-10-9-18-20(22-13-23-21(18)25)24-19-8-6-15-3-1-2-4-17(15)19/h1-4,9-10,12-14,16,19H,5-8,11H2,(H,22,23,24)/t14-,16-,19-/m0/s1. The van der Waals surface area contributed by atoms with Gasteiger partial charge in [0, 0.05) is 18.2 Å². The summed E-state index contributed by atoms with van der Waals surface area (Å²) in [5, 5.41) is 4.70. The number of carbonyl (C=O) groups is 1. The second-order valence-corrected chi connectivity index (χ2v) is 7.48. The van der Waals surface area contributed by atoms with Crippen LogP contribution in [0.4, 0.5) is 5.82 Å². The summed E-state index contributed by atoms with van der Waals surface area (Å²) in [5.74, 6) is 1.09. The number of benzene rings is 1. The number of carbonyl (C=O) groups excluding carboxylic acids is 1. The number of nitrogens with one attached hydrogen (secondary N) is 1. The molecule has 0 spiro atoms. The Hall–Kier alpha value is -2.69. The van der Waals surface area contributed by atoms with E-state index in [4.69, 9.17) is 0 Å². The van der Waals surface area contributed by atoms with Crippen LogP contribution in [0.25, 0.3) is 11.0 Å². The maximum Gasteiger partial charge on any atom is 0.145 e. The van der Waals surface area contributed by atoms with Gasteiger partial charge in [-0.1, -0.05) is 24.3 Å². The van der Waals surface area contributed by atoms with Crippen LogP contribution in [-0.4, -0.2) is 20.8 Å². The van der Waals surface area contributed by atoms with Crippen molar-refractivity contribution in [2.75, 3.05) is 5.32 Å². The zero-order valence-corrected chi connectivity index (χ0v) is 14.6. The lowest BCUT2D eigenvalue weighted by atomic mass is 10.1. The minimum atomic E-state index is 0.187. The molecule has 0 bridgehead atoms. The van der Waals surface area contributed by atoms with Crippen molar-refractivity contribution in [2.45, 2.75) is 44.2 Å². The Morgan fingerprint density at radius 1 is 1.12 bits per heavy atom. The fourth-order valence-electron chi connectivity index (χ4n) is 4.62. The summed E-state index contributed by atoms with van der Waals surface area (Å²) >= 11 is 0. The smallest absolute Gasteiger partial charge is 0.145 e. The summed E-state index contributed by atoms with van der Waals surface area (Å²) in [5.41, 5.74) is 3.77. The zero-order valence-electron chi connectivity index (χ0n) is 14.6. The summed E-state index contributed by atoms with van der Waals surface area (Å²) < 4.78 is 2.23. The Morgan fingerprint density at radius 3 is 2.92 bits per heavy atom. The molecule has 132 valence electrons. The van der Waals surface area contributed by atoms with Gasteiger partial charge >= 0.3 is 0 Å². The van der Waals surface area contributed by atoms with Gasteiger partial charge in [0.1, 0.15) is 24.1 Å². The molecule has 2 aliphatic carbocycles. The van der Waals surface area contributed by atoms with Gasteiger partial charge in [-0.05, 0) is 49.3 Å². The highest BCUT2D eigenvalue weighted by molar-refractivity contribution is 5.87. The van der Waals surface area contributed by atoms with Gasteiger partial charge in [-0.15, -0.1) is 0 Å². The van der Waals surface area contributed by atoms with Crippen LogP contribution in [0.3, 0.4) is 0 Å². The van der Waals surface area contributed by atoms with Crippen molar-refractivity contribution in [3.63, 3.8) is 0 Å². The molecule has 1 aromatic carbocycles. The van der Waals surface area contributed by atoms with Gasteiger partial charge in [0.2, 0.25) is 0 Å². The first-order valence-corrected chi connectivity index (χ1v) is 9.44. The highest BCUT2D eigenvalue weighted by atomic mass is 16.1. The molecule has 5 heteroatoms. The van der Waals surface area contributed by atoms with Crippen LogP contribution in [0.15, 0.2) is 42.9 Å². The summed E-state index contributed by atoms with van der Waals surface area (Å²) in [7, 11) is 0. The molecular formula is C21H22N4O. The minimum Gasteiger partial charge on any atom is -0.363 e. The summed E-state index contributed by atoms with van der Waals surface area (Å²) in [6, 6.07) is 11.4. The molecule has 5 rings (SSSR count). The van der Waals surface area contributed by atoms with Gasteiger partial charge in [0.15, 0.2) is 0 Å². The molecule has 2 aliphatic rings. The van der Waals surface area contributed by atoms with Crippen molar-refractivity contribution in [1.29, 1.82) is 0 Å². The first-order valence-electron chi connectivity index (χ1n) is 9.44. The van der Waals surface area contributed by atoms with Crippen molar-refractivity contribution in [2.24, 2.45) is 5.92 Å². The molecule has 26 heavy (non-hydrogen) atoms. The van der Waals surface area contributed by atoms with E-state index in [1.54, 1.807) is 6.33 Å². The Balaban J connectivity index is 1.46. The molecule has 1 saturated carbocycles. The predicted molar refractivity (Wildman–Crippen MR) is 101 cm³/mol. The molecule has 5 nitrogen and oxygen atoms in total. The number of anilines is 1. The van der Waals surface area contributed by atoms with Crippen molar-refractivity contribution in [3.8, 4) is 0 Å². The predicted octanol–water partition coefficient (Wildman–Crippen LogP) is 4.07. The second kappa shape index (κ2) is 6.24. The van der Waals surface area contributed by atoms with Crippen LogP contribution in [0.2, 0.25) is 0 Å². The Kier molecular flexibility index (Phi) is 3.73.